The quantitative estimate of drug-likeness (QED) is 0.830. The maximum Gasteiger partial charge on any atom is 0.412 e. The minimum Gasteiger partial charge on any atom is -0.548 e. The molecule has 0 aliphatic carbocycles. The van der Waals surface area contributed by atoms with Gasteiger partial charge >= 0.3 is 6.09 Å². The van der Waals surface area contributed by atoms with E-state index in [9.17, 15) is 19.1 Å². The van der Waals surface area contributed by atoms with E-state index in [1.807, 2.05) is 0 Å². The number of carboxylic acid groups (broad SMARTS) is 1. The van der Waals surface area contributed by atoms with Crippen LogP contribution in [0.15, 0.2) is 24.3 Å². The zero-order valence-electron chi connectivity index (χ0n) is 12.5. The van der Waals surface area contributed by atoms with Crippen LogP contribution in [0.25, 0.3) is 0 Å². The van der Waals surface area contributed by atoms with Crippen molar-refractivity contribution < 1.29 is 23.8 Å². The summed E-state index contributed by atoms with van der Waals surface area (Å²) in [6.45, 7) is 5.11. The van der Waals surface area contributed by atoms with Crippen LogP contribution in [0.2, 0.25) is 0 Å². The number of ether oxygens (including phenoxy) is 1. The molecule has 0 spiro atoms. The van der Waals surface area contributed by atoms with Gasteiger partial charge in [-0.2, -0.15) is 0 Å². The SMILES string of the molecule is CC(C)(C)OC(=O)N1[C@@H](C(=O)[O-])CS[C@H]1c1ccc(F)cc1. The van der Waals surface area contributed by atoms with Crippen LogP contribution in [-0.4, -0.2) is 34.4 Å². The van der Waals surface area contributed by atoms with Crippen molar-refractivity contribution in [2.24, 2.45) is 0 Å². The minimum absolute atomic E-state index is 0.198. The summed E-state index contributed by atoms with van der Waals surface area (Å²) in [5, 5.41) is 10.7. The Bertz CT molecular complexity index is 570. The number of carbonyl (C=O) groups excluding carboxylic acids is 2. The highest BCUT2D eigenvalue weighted by atomic mass is 32.2. The molecule has 0 bridgehead atoms. The fourth-order valence-corrected chi connectivity index (χ4v) is 3.51. The summed E-state index contributed by atoms with van der Waals surface area (Å²) in [6, 6.07) is 4.53. The van der Waals surface area contributed by atoms with E-state index in [0.29, 0.717) is 5.56 Å². The molecule has 0 aromatic heterocycles. The van der Waals surface area contributed by atoms with Crippen molar-refractivity contribution in [3.05, 3.63) is 35.6 Å². The highest BCUT2D eigenvalue weighted by molar-refractivity contribution is 7.99. The molecule has 120 valence electrons. The number of carbonyl (C=O) groups is 2. The Morgan fingerprint density at radius 3 is 2.41 bits per heavy atom. The molecule has 1 saturated heterocycles. The largest absolute Gasteiger partial charge is 0.548 e. The first kappa shape index (κ1) is 16.6. The van der Waals surface area contributed by atoms with Crippen molar-refractivity contribution in [2.75, 3.05) is 5.75 Å². The number of thioether (sulfide) groups is 1. The lowest BCUT2D eigenvalue weighted by atomic mass is 10.1. The van der Waals surface area contributed by atoms with Gasteiger partial charge in [-0.25, -0.2) is 9.18 Å². The van der Waals surface area contributed by atoms with Crippen LogP contribution in [0, 0.1) is 5.82 Å². The average molecular weight is 326 g/mol. The Hall–Kier alpha value is -1.76. The number of hydrogen-bond donors (Lipinski definition) is 0. The van der Waals surface area contributed by atoms with Crippen LogP contribution in [-0.2, 0) is 9.53 Å². The number of aliphatic carboxylic acids is 1. The molecule has 1 amide bonds. The molecule has 1 fully saturated rings. The van der Waals surface area contributed by atoms with E-state index in [4.69, 9.17) is 4.74 Å². The lowest BCUT2D eigenvalue weighted by Crippen LogP contribution is -2.50. The van der Waals surface area contributed by atoms with Crippen molar-refractivity contribution in [1.82, 2.24) is 4.90 Å². The fourth-order valence-electron chi connectivity index (χ4n) is 2.11. The maximum atomic E-state index is 13.0. The summed E-state index contributed by atoms with van der Waals surface area (Å²) < 4.78 is 18.3. The second-order valence-electron chi connectivity index (χ2n) is 5.96. The smallest absolute Gasteiger partial charge is 0.412 e. The van der Waals surface area contributed by atoms with Gasteiger partial charge in [-0.1, -0.05) is 12.1 Å². The third-order valence-electron chi connectivity index (χ3n) is 3.03. The van der Waals surface area contributed by atoms with Crippen molar-refractivity contribution >= 4 is 23.8 Å². The molecule has 1 aliphatic heterocycles. The van der Waals surface area contributed by atoms with E-state index >= 15 is 0 Å². The third kappa shape index (κ3) is 3.71. The van der Waals surface area contributed by atoms with Gasteiger partial charge in [0.05, 0.1) is 12.0 Å². The van der Waals surface area contributed by atoms with Crippen molar-refractivity contribution in [3.63, 3.8) is 0 Å². The molecule has 1 heterocycles. The van der Waals surface area contributed by atoms with Gasteiger partial charge in [0, 0.05) is 5.75 Å². The van der Waals surface area contributed by atoms with Crippen LogP contribution in [0.4, 0.5) is 9.18 Å². The summed E-state index contributed by atoms with van der Waals surface area (Å²) in [5.74, 6) is -1.53. The second-order valence-corrected chi connectivity index (χ2v) is 7.07. The normalized spacial score (nSPS) is 21.7. The molecule has 1 aliphatic rings. The van der Waals surface area contributed by atoms with E-state index in [1.165, 1.54) is 36.0 Å². The molecule has 0 saturated carbocycles. The van der Waals surface area contributed by atoms with Gasteiger partial charge in [-0.3, -0.25) is 4.90 Å². The van der Waals surface area contributed by atoms with Crippen LogP contribution >= 0.6 is 11.8 Å². The van der Waals surface area contributed by atoms with Crippen molar-refractivity contribution in [1.29, 1.82) is 0 Å². The molecule has 5 nitrogen and oxygen atoms in total. The Labute approximate surface area is 132 Å². The van der Waals surface area contributed by atoms with Crippen LogP contribution in [0.5, 0.6) is 0 Å². The number of amides is 1. The molecule has 1 aromatic rings. The van der Waals surface area contributed by atoms with Crippen LogP contribution in [0.3, 0.4) is 0 Å². The van der Waals surface area contributed by atoms with E-state index < -0.39 is 34.9 Å². The van der Waals surface area contributed by atoms with Crippen molar-refractivity contribution in [3.8, 4) is 0 Å². The number of nitrogens with zero attached hydrogens (tertiary/aromatic N) is 1. The Balaban J connectivity index is 2.30. The van der Waals surface area contributed by atoms with Gasteiger partial charge in [0.25, 0.3) is 0 Å². The number of halogens is 1. The standard InChI is InChI=1S/C15H18FNO4S/c1-15(2,3)21-14(20)17-11(13(18)19)8-22-12(17)9-4-6-10(16)7-5-9/h4-7,11-12H,8H2,1-3H3,(H,18,19)/p-1/t11-,12+/m1/s1. The average Bonchev–Trinajstić information content (AvgIpc) is 2.82. The first-order chi connectivity index (χ1) is 10.2. The summed E-state index contributed by atoms with van der Waals surface area (Å²) in [6.07, 6.45) is -0.721. The monoisotopic (exact) mass is 326 g/mol. The van der Waals surface area contributed by atoms with Gasteiger partial charge < -0.3 is 14.6 Å². The van der Waals surface area contributed by atoms with Crippen LogP contribution in [0.1, 0.15) is 31.7 Å². The van der Waals surface area contributed by atoms with Crippen molar-refractivity contribution in [2.45, 2.75) is 37.8 Å². The lowest BCUT2D eigenvalue weighted by Gasteiger charge is -2.32. The molecule has 22 heavy (non-hydrogen) atoms. The third-order valence-corrected chi connectivity index (χ3v) is 4.36. The lowest BCUT2D eigenvalue weighted by molar-refractivity contribution is -0.310. The number of carboxylic acids is 1. The molecule has 0 unspecified atom stereocenters. The molecule has 0 N–H and O–H groups in total. The van der Waals surface area contributed by atoms with Gasteiger partial charge in [0.2, 0.25) is 0 Å². The molecule has 1 aromatic carbocycles. The minimum atomic E-state index is -1.33. The Kier molecular flexibility index (Phi) is 4.65. The van der Waals surface area contributed by atoms with E-state index in [-0.39, 0.29) is 5.75 Å². The number of rotatable bonds is 2. The summed E-state index contributed by atoms with van der Waals surface area (Å²) in [4.78, 5) is 24.8. The predicted octanol–water partition coefficient (Wildman–Crippen LogP) is 1.93. The molecule has 0 radical (unpaired) electrons. The Morgan fingerprint density at radius 2 is 1.91 bits per heavy atom. The van der Waals surface area contributed by atoms with Gasteiger partial charge in [-0.05, 0) is 38.5 Å². The fraction of sp³-hybridized carbons (Fsp3) is 0.467. The predicted molar refractivity (Wildman–Crippen MR) is 78.5 cm³/mol. The molecule has 2 atom stereocenters. The molecule has 2 rings (SSSR count). The topological polar surface area (TPSA) is 69.7 Å². The number of benzene rings is 1. The summed E-state index contributed by atoms with van der Waals surface area (Å²) in [5.41, 5.74) is -0.102. The zero-order chi connectivity index (χ0) is 16.5. The van der Waals surface area contributed by atoms with Gasteiger partial charge in [0.1, 0.15) is 16.8 Å². The molecule has 7 heteroatoms. The number of hydrogen-bond acceptors (Lipinski definition) is 5. The highest BCUT2D eigenvalue weighted by Gasteiger charge is 2.41. The first-order valence-electron chi connectivity index (χ1n) is 6.78. The molecular formula is C15H17FNO4S-. The maximum absolute atomic E-state index is 13.0. The van der Waals surface area contributed by atoms with Gasteiger partial charge in [0.15, 0.2) is 0 Å². The van der Waals surface area contributed by atoms with E-state index in [0.717, 1.165) is 4.90 Å². The molecular weight excluding hydrogens is 309 g/mol. The Morgan fingerprint density at radius 1 is 1.32 bits per heavy atom. The summed E-state index contributed by atoms with van der Waals surface area (Å²) >= 11 is 1.28. The zero-order valence-corrected chi connectivity index (χ0v) is 13.4. The summed E-state index contributed by atoms with van der Waals surface area (Å²) in [7, 11) is 0. The van der Waals surface area contributed by atoms with Gasteiger partial charge in [-0.15, -0.1) is 11.8 Å². The van der Waals surface area contributed by atoms with E-state index in [2.05, 4.69) is 0 Å². The second kappa shape index (κ2) is 6.16. The van der Waals surface area contributed by atoms with E-state index in [1.54, 1.807) is 20.8 Å². The highest BCUT2D eigenvalue weighted by Crippen LogP contribution is 2.42. The van der Waals surface area contributed by atoms with Crippen LogP contribution < -0.4 is 5.11 Å². The first-order valence-corrected chi connectivity index (χ1v) is 7.83.